The third kappa shape index (κ3) is 8.38. The van der Waals surface area contributed by atoms with Crippen LogP contribution in [0.5, 0.6) is 0 Å². The third-order valence-corrected chi connectivity index (χ3v) is 3.07. The summed E-state index contributed by atoms with van der Waals surface area (Å²) in [5.41, 5.74) is 0. The molecule has 0 rings (SSSR count). The van der Waals surface area contributed by atoms with Gasteiger partial charge in [-0.3, -0.25) is 4.79 Å². The lowest BCUT2D eigenvalue weighted by molar-refractivity contribution is -0.118. The highest BCUT2D eigenvalue weighted by atomic mass is 32.2. The highest BCUT2D eigenvalue weighted by Gasteiger charge is 2.03. The smallest absolute Gasteiger partial charge is 0.229 e. The number of hydrogen-bond acceptors (Lipinski definition) is 3. The maximum absolute atomic E-state index is 11.2. The van der Waals surface area contributed by atoms with E-state index in [1.807, 2.05) is 6.92 Å². The SMILES string of the molecule is CCCCNC(=O)CSCC(C)CO. The summed E-state index contributed by atoms with van der Waals surface area (Å²) in [5.74, 6) is 1.74. The lowest BCUT2D eigenvalue weighted by Crippen LogP contribution is -2.26. The van der Waals surface area contributed by atoms with Crippen LogP contribution in [0.2, 0.25) is 0 Å². The molecule has 0 aromatic carbocycles. The number of amides is 1. The molecule has 0 saturated heterocycles. The van der Waals surface area contributed by atoms with Gasteiger partial charge in [0.1, 0.15) is 0 Å². The van der Waals surface area contributed by atoms with Crippen molar-refractivity contribution in [2.45, 2.75) is 26.7 Å². The number of aliphatic hydroxyl groups is 1. The van der Waals surface area contributed by atoms with E-state index in [2.05, 4.69) is 12.2 Å². The number of hydrogen-bond donors (Lipinski definition) is 2. The Morgan fingerprint density at radius 2 is 2.29 bits per heavy atom. The van der Waals surface area contributed by atoms with Crippen LogP contribution >= 0.6 is 11.8 Å². The lowest BCUT2D eigenvalue weighted by Gasteiger charge is -2.07. The number of aliphatic hydroxyl groups excluding tert-OH is 1. The molecule has 0 saturated carbocycles. The molecule has 3 nitrogen and oxygen atoms in total. The average Bonchev–Trinajstić information content (AvgIpc) is 2.18. The summed E-state index contributed by atoms with van der Waals surface area (Å²) >= 11 is 1.58. The van der Waals surface area contributed by atoms with E-state index in [4.69, 9.17) is 5.11 Å². The van der Waals surface area contributed by atoms with Crippen molar-refractivity contribution in [3.63, 3.8) is 0 Å². The first-order valence-electron chi connectivity index (χ1n) is 5.16. The quantitative estimate of drug-likeness (QED) is 0.604. The molecule has 0 aromatic rings. The Kier molecular flexibility index (Phi) is 9.19. The largest absolute Gasteiger partial charge is 0.396 e. The van der Waals surface area contributed by atoms with Crippen LogP contribution in [0.25, 0.3) is 0 Å². The van der Waals surface area contributed by atoms with Crippen LogP contribution in [0.3, 0.4) is 0 Å². The molecule has 1 atom stereocenters. The first-order chi connectivity index (χ1) is 6.70. The van der Waals surface area contributed by atoms with Crippen LogP contribution in [0.15, 0.2) is 0 Å². The van der Waals surface area contributed by atoms with Crippen molar-refractivity contribution in [1.29, 1.82) is 0 Å². The fourth-order valence-corrected chi connectivity index (χ4v) is 1.77. The van der Waals surface area contributed by atoms with E-state index in [0.717, 1.165) is 25.1 Å². The van der Waals surface area contributed by atoms with Gasteiger partial charge in [0, 0.05) is 13.2 Å². The fourth-order valence-electron chi connectivity index (χ4n) is 0.861. The zero-order valence-electron chi connectivity index (χ0n) is 9.08. The summed E-state index contributed by atoms with van der Waals surface area (Å²) in [6, 6.07) is 0. The summed E-state index contributed by atoms with van der Waals surface area (Å²) in [5, 5.41) is 11.6. The van der Waals surface area contributed by atoms with Gasteiger partial charge in [0.2, 0.25) is 5.91 Å². The van der Waals surface area contributed by atoms with Crippen LogP contribution in [-0.4, -0.2) is 35.7 Å². The van der Waals surface area contributed by atoms with Gasteiger partial charge in [-0.1, -0.05) is 20.3 Å². The second-order valence-corrected chi connectivity index (χ2v) is 4.54. The van der Waals surface area contributed by atoms with Gasteiger partial charge in [-0.25, -0.2) is 0 Å². The second-order valence-electron chi connectivity index (χ2n) is 3.51. The number of carbonyl (C=O) groups excluding carboxylic acids is 1. The molecule has 0 aliphatic rings. The van der Waals surface area contributed by atoms with E-state index < -0.39 is 0 Å². The van der Waals surface area contributed by atoms with E-state index in [0.29, 0.717) is 5.75 Å². The molecule has 0 aliphatic heterocycles. The van der Waals surface area contributed by atoms with Gasteiger partial charge in [-0.15, -0.1) is 0 Å². The fraction of sp³-hybridized carbons (Fsp3) is 0.900. The Labute approximate surface area is 90.7 Å². The van der Waals surface area contributed by atoms with E-state index in [9.17, 15) is 4.79 Å². The van der Waals surface area contributed by atoms with Crippen molar-refractivity contribution in [2.24, 2.45) is 5.92 Å². The van der Waals surface area contributed by atoms with E-state index >= 15 is 0 Å². The maximum atomic E-state index is 11.2. The first kappa shape index (κ1) is 13.8. The zero-order chi connectivity index (χ0) is 10.8. The Morgan fingerprint density at radius 3 is 2.86 bits per heavy atom. The van der Waals surface area contributed by atoms with Gasteiger partial charge < -0.3 is 10.4 Å². The molecule has 1 amide bonds. The third-order valence-electron chi connectivity index (χ3n) is 1.80. The molecular weight excluding hydrogens is 198 g/mol. The van der Waals surface area contributed by atoms with E-state index in [1.165, 1.54) is 0 Å². The van der Waals surface area contributed by atoms with Crippen molar-refractivity contribution >= 4 is 17.7 Å². The van der Waals surface area contributed by atoms with Gasteiger partial charge >= 0.3 is 0 Å². The highest BCUT2D eigenvalue weighted by molar-refractivity contribution is 7.99. The molecule has 0 spiro atoms. The summed E-state index contributed by atoms with van der Waals surface area (Å²) in [6.45, 7) is 5.06. The van der Waals surface area contributed by atoms with Gasteiger partial charge in [-0.05, 0) is 18.1 Å². The van der Waals surface area contributed by atoms with Crippen molar-refractivity contribution in [2.75, 3.05) is 24.7 Å². The minimum Gasteiger partial charge on any atom is -0.396 e. The number of carbonyl (C=O) groups is 1. The topological polar surface area (TPSA) is 49.3 Å². The van der Waals surface area contributed by atoms with Crippen molar-refractivity contribution in [3.05, 3.63) is 0 Å². The van der Waals surface area contributed by atoms with Crippen LogP contribution in [0, 0.1) is 5.92 Å². The van der Waals surface area contributed by atoms with Crippen LogP contribution < -0.4 is 5.32 Å². The molecule has 0 aliphatic carbocycles. The average molecular weight is 219 g/mol. The Bertz CT molecular complexity index is 153. The predicted octanol–water partition coefficient (Wildman–Crippen LogP) is 1.26. The van der Waals surface area contributed by atoms with Crippen LogP contribution in [-0.2, 0) is 4.79 Å². The summed E-state index contributed by atoms with van der Waals surface area (Å²) in [6.07, 6.45) is 2.15. The van der Waals surface area contributed by atoms with Crippen molar-refractivity contribution < 1.29 is 9.90 Å². The highest BCUT2D eigenvalue weighted by Crippen LogP contribution is 2.06. The molecule has 0 radical (unpaired) electrons. The Morgan fingerprint density at radius 1 is 1.57 bits per heavy atom. The molecule has 1 unspecified atom stereocenters. The van der Waals surface area contributed by atoms with Gasteiger partial charge in [0.05, 0.1) is 5.75 Å². The van der Waals surface area contributed by atoms with Gasteiger partial charge in [0.15, 0.2) is 0 Å². The second kappa shape index (κ2) is 9.34. The predicted molar refractivity (Wildman–Crippen MR) is 61.5 cm³/mol. The lowest BCUT2D eigenvalue weighted by atomic mass is 10.2. The molecular formula is C10H21NO2S. The van der Waals surface area contributed by atoms with Crippen molar-refractivity contribution in [3.8, 4) is 0 Å². The normalized spacial score (nSPS) is 12.5. The van der Waals surface area contributed by atoms with Gasteiger partial charge in [-0.2, -0.15) is 11.8 Å². The standard InChI is InChI=1S/C10H21NO2S/c1-3-4-5-11-10(13)8-14-7-9(2)6-12/h9,12H,3-8H2,1-2H3,(H,11,13). The molecule has 14 heavy (non-hydrogen) atoms. The minimum absolute atomic E-state index is 0.105. The molecule has 0 heterocycles. The summed E-state index contributed by atoms with van der Waals surface area (Å²) in [4.78, 5) is 11.2. The molecule has 0 bridgehead atoms. The van der Waals surface area contributed by atoms with Crippen LogP contribution in [0.1, 0.15) is 26.7 Å². The first-order valence-corrected chi connectivity index (χ1v) is 6.31. The maximum Gasteiger partial charge on any atom is 0.229 e. The monoisotopic (exact) mass is 219 g/mol. The Hall–Kier alpha value is -0.220. The zero-order valence-corrected chi connectivity index (χ0v) is 9.90. The van der Waals surface area contributed by atoms with E-state index in [-0.39, 0.29) is 18.4 Å². The van der Waals surface area contributed by atoms with Gasteiger partial charge in [0.25, 0.3) is 0 Å². The minimum atomic E-state index is 0.105. The number of unbranched alkanes of at least 4 members (excludes halogenated alkanes) is 1. The summed E-state index contributed by atoms with van der Waals surface area (Å²) < 4.78 is 0. The molecule has 84 valence electrons. The molecule has 0 aromatic heterocycles. The van der Waals surface area contributed by atoms with Crippen molar-refractivity contribution in [1.82, 2.24) is 5.32 Å². The number of thioether (sulfide) groups is 1. The molecule has 4 heteroatoms. The molecule has 2 N–H and O–H groups in total. The number of rotatable bonds is 8. The Balaban J connectivity index is 3.26. The number of nitrogens with one attached hydrogen (secondary N) is 1. The summed E-state index contributed by atoms with van der Waals surface area (Å²) in [7, 11) is 0. The van der Waals surface area contributed by atoms with Crippen LogP contribution in [0.4, 0.5) is 0 Å². The van der Waals surface area contributed by atoms with E-state index in [1.54, 1.807) is 11.8 Å². The molecule has 0 fully saturated rings.